The summed E-state index contributed by atoms with van der Waals surface area (Å²) >= 11 is 0. The van der Waals surface area contributed by atoms with E-state index in [2.05, 4.69) is 5.32 Å². The molecule has 4 nitrogen and oxygen atoms in total. The first-order valence-electron chi connectivity index (χ1n) is 8.22. The van der Waals surface area contributed by atoms with Gasteiger partial charge in [-0.05, 0) is 37.6 Å². The molecule has 0 bridgehead atoms. The van der Waals surface area contributed by atoms with Crippen LogP contribution in [0.5, 0.6) is 0 Å². The molecule has 1 N–H and O–H groups in total. The van der Waals surface area contributed by atoms with Crippen molar-refractivity contribution in [1.29, 1.82) is 5.26 Å². The van der Waals surface area contributed by atoms with Crippen molar-refractivity contribution in [3.05, 3.63) is 83.1 Å². The van der Waals surface area contributed by atoms with Crippen LogP contribution >= 0.6 is 0 Å². The van der Waals surface area contributed by atoms with Crippen molar-refractivity contribution in [2.45, 2.75) is 13.8 Å². The summed E-state index contributed by atoms with van der Waals surface area (Å²) in [5.74, 6) is 0.678. The molecule has 0 radical (unpaired) electrons. The first-order valence-corrected chi connectivity index (χ1v) is 8.22. The highest BCUT2D eigenvalue weighted by Crippen LogP contribution is 2.23. The number of anilines is 1. The number of rotatable bonds is 4. The molecule has 0 atom stereocenters. The Balaban J connectivity index is 1.81. The molecule has 1 aromatic heterocycles. The molecule has 1 heterocycles. The number of aryl methyl sites for hydroxylation is 2. The lowest BCUT2D eigenvalue weighted by molar-refractivity contribution is -0.112. The lowest BCUT2D eigenvalue weighted by Crippen LogP contribution is -2.14. The van der Waals surface area contributed by atoms with Crippen LogP contribution in [0.1, 0.15) is 16.9 Å². The number of nitriles is 1. The molecule has 0 aliphatic rings. The fraction of sp³-hybridized carbons (Fsp3) is 0.0909. The van der Waals surface area contributed by atoms with Crippen LogP contribution in [0.2, 0.25) is 0 Å². The van der Waals surface area contributed by atoms with Crippen molar-refractivity contribution < 1.29 is 9.21 Å². The van der Waals surface area contributed by atoms with Gasteiger partial charge in [0, 0.05) is 17.3 Å². The average molecular weight is 342 g/mol. The second-order valence-electron chi connectivity index (χ2n) is 6.01. The summed E-state index contributed by atoms with van der Waals surface area (Å²) in [6.07, 6.45) is 1.45. The summed E-state index contributed by atoms with van der Waals surface area (Å²) in [5.41, 5.74) is 3.66. The maximum Gasteiger partial charge on any atom is 0.266 e. The monoisotopic (exact) mass is 342 g/mol. The maximum atomic E-state index is 12.4. The number of nitrogens with one attached hydrogen (secondary N) is 1. The Bertz CT molecular complexity index is 1010. The van der Waals surface area contributed by atoms with Crippen LogP contribution in [-0.4, -0.2) is 5.91 Å². The number of nitrogens with zero attached hydrogens (tertiary/aromatic N) is 1. The van der Waals surface area contributed by atoms with Gasteiger partial charge in [0.25, 0.3) is 5.91 Å². The minimum absolute atomic E-state index is 0.0149. The normalized spacial score (nSPS) is 11.0. The Morgan fingerprint density at radius 1 is 1.08 bits per heavy atom. The molecule has 0 aliphatic heterocycles. The average Bonchev–Trinajstić information content (AvgIpc) is 3.11. The van der Waals surface area contributed by atoms with Crippen LogP contribution in [-0.2, 0) is 4.79 Å². The molecule has 2 aromatic carbocycles. The minimum Gasteiger partial charge on any atom is -0.457 e. The fourth-order valence-electron chi connectivity index (χ4n) is 2.62. The van der Waals surface area contributed by atoms with Crippen molar-refractivity contribution in [3.8, 4) is 17.4 Å². The molecule has 0 aliphatic carbocycles. The van der Waals surface area contributed by atoms with Gasteiger partial charge in [-0.2, -0.15) is 5.26 Å². The molecule has 1 amide bonds. The highest BCUT2D eigenvalue weighted by Gasteiger charge is 2.12. The van der Waals surface area contributed by atoms with E-state index in [-0.39, 0.29) is 5.57 Å². The van der Waals surface area contributed by atoms with E-state index in [9.17, 15) is 10.1 Å². The summed E-state index contributed by atoms with van der Waals surface area (Å²) in [6, 6.07) is 20.9. The van der Waals surface area contributed by atoms with Crippen LogP contribution < -0.4 is 5.32 Å². The lowest BCUT2D eigenvalue weighted by atomic mass is 10.1. The van der Waals surface area contributed by atoms with Gasteiger partial charge in [-0.15, -0.1) is 0 Å². The fourth-order valence-corrected chi connectivity index (χ4v) is 2.62. The zero-order valence-electron chi connectivity index (χ0n) is 14.6. The van der Waals surface area contributed by atoms with Gasteiger partial charge in [-0.1, -0.05) is 48.0 Å². The topological polar surface area (TPSA) is 66.0 Å². The van der Waals surface area contributed by atoms with E-state index in [1.165, 1.54) is 6.08 Å². The van der Waals surface area contributed by atoms with Crippen LogP contribution in [0, 0.1) is 25.2 Å². The van der Waals surface area contributed by atoms with Crippen molar-refractivity contribution in [2.75, 3.05) is 5.32 Å². The third-order valence-corrected chi connectivity index (χ3v) is 3.97. The predicted molar refractivity (Wildman–Crippen MR) is 102 cm³/mol. The molecule has 128 valence electrons. The second-order valence-corrected chi connectivity index (χ2v) is 6.01. The van der Waals surface area contributed by atoms with Crippen molar-refractivity contribution in [3.63, 3.8) is 0 Å². The van der Waals surface area contributed by atoms with E-state index in [0.717, 1.165) is 16.7 Å². The Morgan fingerprint density at radius 3 is 2.54 bits per heavy atom. The van der Waals surface area contributed by atoms with E-state index in [4.69, 9.17) is 4.42 Å². The van der Waals surface area contributed by atoms with Gasteiger partial charge in [0.1, 0.15) is 23.2 Å². The van der Waals surface area contributed by atoms with Gasteiger partial charge in [0.15, 0.2) is 0 Å². The third kappa shape index (κ3) is 3.90. The zero-order valence-corrected chi connectivity index (χ0v) is 14.6. The number of hydrogen-bond donors (Lipinski definition) is 1. The Labute approximate surface area is 152 Å². The summed E-state index contributed by atoms with van der Waals surface area (Å²) in [5, 5.41) is 12.1. The summed E-state index contributed by atoms with van der Waals surface area (Å²) in [6.45, 7) is 3.90. The highest BCUT2D eigenvalue weighted by atomic mass is 16.3. The number of hydrogen-bond acceptors (Lipinski definition) is 3. The SMILES string of the molecule is Cc1ccc(NC(=O)/C(C#N)=C/c2ccc(-c3ccccc3)o2)c(C)c1. The van der Waals surface area contributed by atoms with Crippen LogP contribution in [0.25, 0.3) is 17.4 Å². The van der Waals surface area contributed by atoms with Crippen molar-refractivity contribution >= 4 is 17.7 Å². The molecule has 3 rings (SSSR count). The van der Waals surface area contributed by atoms with E-state index in [1.54, 1.807) is 6.07 Å². The molecule has 26 heavy (non-hydrogen) atoms. The van der Waals surface area contributed by atoms with Gasteiger partial charge in [0.2, 0.25) is 0 Å². The quantitative estimate of drug-likeness (QED) is 0.529. The summed E-state index contributed by atoms with van der Waals surface area (Å²) in [4.78, 5) is 12.4. The van der Waals surface area contributed by atoms with Gasteiger partial charge in [-0.25, -0.2) is 0 Å². The van der Waals surface area contributed by atoms with Crippen LogP contribution in [0.4, 0.5) is 5.69 Å². The molecule has 4 heteroatoms. The van der Waals surface area contributed by atoms with E-state index < -0.39 is 5.91 Å². The minimum atomic E-state index is -0.461. The van der Waals surface area contributed by atoms with E-state index >= 15 is 0 Å². The molecule has 0 saturated heterocycles. The summed E-state index contributed by atoms with van der Waals surface area (Å²) in [7, 11) is 0. The lowest BCUT2D eigenvalue weighted by Gasteiger charge is -2.08. The third-order valence-electron chi connectivity index (χ3n) is 3.97. The van der Waals surface area contributed by atoms with Crippen molar-refractivity contribution in [2.24, 2.45) is 0 Å². The molecule has 0 unspecified atom stereocenters. The number of carbonyl (C=O) groups excluding carboxylic acids is 1. The smallest absolute Gasteiger partial charge is 0.266 e. The largest absolute Gasteiger partial charge is 0.457 e. The van der Waals surface area contributed by atoms with Gasteiger partial charge >= 0.3 is 0 Å². The van der Waals surface area contributed by atoms with Crippen LogP contribution in [0.15, 0.2) is 70.7 Å². The number of amides is 1. The standard InChI is InChI=1S/C22H18N2O2/c1-15-8-10-20(16(2)12-15)24-22(25)18(14-23)13-19-9-11-21(26-19)17-6-4-3-5-7-17/h3-13H,1-2H3,(H,24,25)/b18-13+. The van der Waals surface area contributed by atoms with Gasteiger partial charge in [-0.3, -0.25) is 4.79 Å². The Morgan fingerprint density at radius 2 is 1.85 bits per heavy atom. The number of benzene rings is 2. The molecule has 3 aromatic rings. The zero-order chi connectivity index (χ0) is 18.5. The van der Waals surface area contributed by atoms with Gasteiger partial charge < -0.3 is 9.73 Å². The van der Waals surface area contributed by atoms with E-state index in [0.29, 0.717) is 17.2 Å². The number of carbonyl (C=O) groups is 1. The maximum absolute atomic E-state index is 12.4. The first kappa shape index (κ1) is 17.2. The Hall–Kier alpha value is -3.58. The molecule has 0 saturated carbocycles. The highest BCUT2D eigenvalue weighted by molar-refractivity contribution is 6.09. The summed E-state index contributed by atoms with van der Waals surface area (Å²) < 4.78 is 5.73. The number of furan rings is 1. The van der Waals surface area contributed by atoms with E-state index in [1.807, 2.05) is 74.5 Å². The second kappa shape index (κ2) is 7.54. The molecule has 0 spiro atoms. The van der Waals surface area contributed by atoms with Crippen molar-refractivity contribution in [1.82, 2.24) is 0 Å². The predicted octanol–water partition coefficient (Wildman–Crippen LogP) is 5.11. The molecular weight excluding hydrogens is 324 g/mol. The molecule has 0 fully saturated rings. The Kier molecular flexibility index (Phi) is 5.00. The first-order chi connectivity index (χ1) is 12.6. The molecular formula is C22H18N2O2. The van der Waals surface area contributed by atoms with Crippen LogP contribution in [0.3, 0.4) is 0 Å². The van der Waals surface area contributed by atoms with Gasteiger partial charge in [0.05, 0.1) is 0 Å².